The van der Waals surface area contributed by atoms with Crippen molar-refractivity contribution in [2.75, 3.05) is 13.2 Å². The molecule has 2 aliphatic rings. The molecule has 0 bridgehead atoms. The van der Waals surface area contributed by atoms with Crippen molar-refractivity contribution in [3.05, 3.63) is 30.1 Å². The summed E-state index contributed by atoms with van der Waals surface area (Å²) in [6.07, 6.45) is 7.20. The molecule has 0 spiro atoms. The molecule has 2 fully saturated rings. The van der Waals surface area contributed by atoms with Crippen LogP contribution in [0.1, 0.15) is 58.6 Å². The molecule has 0 amide bonds. The molecule has 1 saturated heterocycles. The normalized spacial score (nSPS) is 25.8. The second-order valence-corrected chi connectivity index (χ2v) is 14.5. The zero-order chi connectivity index (χ0) is 22.8. The first-order valence-electron chi connectivity index (χ1n) is 10.8. The van der Waals surface area contributed by atoms with E-state index in [4.69, 9.17) is 16.0 Å². The summed E-state index contributed by atoms with van der Waals surface area (Å²) in [5, 5.41) is 11.6. The molecule has 9 heteroatoms. The minimum absolute atomic E-state index is 0. The third kappa shape index (κ3) is 10.5. The number of aromatic nitrogens is 1. The monoisotopic (exact) mass is 559 g/mol. The van der Waals surface area contributed by atoms with Gasteiger partial charge in [-0.3, -0.25) is 4.98 Å². The molecule has 3 atom stereocenters. The average Bonchev–Trinajstić information content (AvgIpc) is 3.21. The Morgan fingerprint density at radius 1 is 1.19 bits per heavy atom. The average molecular weight is 558 g/mol. The molecule has 6 nitrogen and oxygen atoms in total. The summed E-state index contributed by atoms with van der Waals surface area (Å²) < 4.78 is 28.4. The molecular weight excluding hydrogens is 518 g/mol. The van der Waals surface area contributed by atoms with Crippen molar-refractivity contribution in [2.24, 2.45) is 11.8 Å². The number of rotatable bonds is 4. The molecule has 1 aromatic rings. The molecule has 1 N–H and O–H groups in total. The first-order chi connectivity index (χ1) is 14.0. The topological polar surface area (TPSA) is 85.7 Å². The van der Waals surface area contributed by atoms with Gasteiger partial charge in [-0.25, -0.2) is 0 Å². The van der Waals surface area contributed by atoms with Crippen LogP contribution in [0.2, 0.25) is 19.6 Å². The molecular formula is C22H40ClMoNO5Si. The standard InChI is InChI=1S/C18H31NO2Si.C4H8O.ClH.Mo.2O/c1-14-10-11-15(17(2,3)21-22(4,5)6)18(20,13-14)16-9-7-8-12-19-16;1-2-4-5-3-1;;;;/h7-9,12,14-15,20H,10-11,13H2,1-6H3;1-4H2;1H;;;/t14-,15+,18+;;;;;/m0...../s1. The van der Waals surface area contributed by atoms with E-state index in [0.717, 1.165) is 38.2 Å². The Morgan fingerprint density at radius 3 is 2.19 bits per heavy atom. The third-order valence-electron chi connectivity index (χ3n) is 5.53. The molecule has 1 aromatic heterocycles. The number of pyridine rings is 1. The molecule has 1 aliphatic heterocycles. The first-order valence-corrected chi connectivity index (χ1v) is 15.8. The van der Waals surface area contributed by atoms with Gasteiger partial charge in [-0.1, -0.05) is 19.4 Å². The van der Waals surface area contributed by atoms with Gasteiger partial charge in [0.1, 0.15) is 5.60 Å². The summed E-state index contributed by atoms with van der Waals surface area (Å²) in [6, 6.07) is 5.82. The summed E-state index contributed by atoms with van der Waals surface area (Å²) in [7, 11) is -1.69. The van der Waals surface area contributed by atoms with Crippen LogP contribution in [0.5, 0.6) is 0 Å². The van der Waals surface area contributed by atoms with Crippen LogP contribution in [0.4, 0.5) is 0 Å². The number of aliphatic hydroxyl groups is 1. The molecule has 3 rings (SSSR count). The first kappa shape index (κ1) is 30.8. The zero-order valence-corrected chi connectivity index (χ0v) is 23.6. The minimum atomic E-state index is -2.03. The van der Waals surface area contributed by atoms with Gasteiger partial charge >= 0.3 is 25.3 Å². The van der Waals surface area contributed by atoms with Crippen molar-refractivity contribution in [3.63, 3.8) is 0 Å². The van der Waals surface area contributed by atoms with Crippen LogP contribution in [0.15, 0.2) is 24.4 Å². The van der Waals surface area contributed by atoms with E-state index in [1.807, 2.05) is 18.2 Å². The Balaban J connectivity index is 0.000000846. The van der Waals surface area contributed by atoms with Crippen LogP contribution in [-0.2, 0) is 40.0 Å². The van der Waals surface area contributed by atoms with Gasteiger partial charge in [0.15, 0.2) is 8.32 Å². The number of hydrogen-bond acceptors (Lipinski definition) is 6. The van der Waals surface area contributed by atoms with Gasteiger partial charge < -0.3 is 14.3 Å². The van der Waals surface area contributed by atoms with Gasteiger partial charge in [-0.2, -0.15) is 0 Å². The van der Waals surface area contributed by atoms with E-state index in [2.05, 4.69) is 45.4 Å². The number of nitrogens with zero attached hydrogens (tertiary/aromatic N) is 1. The van der Waals surface area contributed by atoms with E-state index < -0.39 is 32.4 Å². The van der Waals surface area contributed by atoms with Gasteiger partial charge in [0.25, 0.3) is 0 Å². The van der Waals surface area contributed by atoms with Gasteiger partial charge in [-0.15, -0.1) is 12.4 Å². The molecule has 0 aromatic carbocycles. The molecule has 2 heterocycles. The van der Waals surface area contributed by atoms with Crippen molar-refractivity contribution < 1.29 is 39.6 Å². The van der Waals surface area contributed by atoms with Crippen LogP contribution < -0.4 is 0 Å². The van der Waals surface area contributed by atoms with Crippen molar-refractivity contribution in [3.8, 4) is 0 Å². The zero-order valence-electron chi connectivity index (χ0n) is 19.8. The van der Waals surface area contributed by atoms with Crippen molar-refractivity contribution in [1.82, 2.24) is 4.98 Å². The number of ether oxygens (including phenoxy) is 1. The molecule has 31 heavy (non-hydrogen) atoms. The van der Waals surface area contributed by atoms with Crippen LogP contribution in [0, 0.1) is 11.8 Å². The summed E-state index contributed by atoms with van der Waals surface area (Å²) in [5.74, 6) is 0.573. The van der Waals surface area contributed by atoms with E-state index in [-0.39, 0.29) is 23.9 Å². The quantitative estimate of drug-likeness (QED) is 0.505. The Morgan fingerprint density at radius 2 is 1.77 bits per heavy atom. The van der Waals surface area contributed by atoms with E-state index in [1.54, 1.807) is 6.20 Å². The second-order valence-electron chi connectivity index (χ2n) is 9.78. The maximum absolute atomic E-state index is 11.6. The van der Waals surface area contributed by atoms with Gasteiger partial charge in [0, 0.05) is 25.3 Å². The van der Waals surface area contributed by atoms with Crippen LogP contribution in [0.3, 0.4) is 0 Å². The SMILES string of the molecule is C1CCOC1.C[C@H]1CC[C@H](C(C)(C)O[Si](C)(C)C)[C@@](O)(c2ccccn2)C1.Cl.[O]=[Mo]=[O]. The summed E-state index contributed by atoms with van der Waals surface area (Å²) in [6.45, 7) is 15.1. The number of hydrogen-bond donors (Lipinski definition) is 1. The fourth-order valence-electron chi connectivity index (χ4n) is 4.66. The summed E-state index contributed by atoms with van der Waals surface area (Å²) in [4.78, 5) is 4.47. The van der Waals surface area contributed by atoms with E-state index >= 15 is 0 Å². The Labute approximate surface area is 203 Å². The van der Waals surface area contributed by atoms with E-state index in [1.165, 1.54) is 12.8 Å². The molecule has 180 valence electrons. The predicted octanol–water partition coefficient (Wildman–Crippen LogP) is 5.31. The van der Waals surface area contributed by atoms with Gasteiger partial charge in [-0.05, 0) is 77.2 Å². The third-order valence-corrected chi connectivity index (χ3v) is 6.67. The van der Waals surface area contributed by atoms with Crippen LogP contribution >= 0.6 is 12.4 Å². The van der Waals surface area contributed by atoms with Crippen LogP contribution in [-0.4, -0.2) is 37.2 Å². The van der Waals surface area contributed by atoms with Gasteiger partial charge in [0.2, 0.25) is 0 Å². The molecule has 0 radical (unpaired) electrons. The van der Waals surface area contributed by atoms with E-state index in [0.29, 0.717) is 5.92 Å². The molecule has 1 aliphatic carbocycles. The fraction of sp³-hybridized carbons (Fsp3) is 0.773. The van der Waals surface area contributed by atoms with Crippen molar-refractivity contribution in [2.45, 2.75) is 83.7 Å². The Kier molecular flexibility index (Phi) is 14.1. The Bertz CT molecular complexity index is 656. The Hall–Kier alpha value is -0.175. The number of halogens is 1. The fourth-order valence-corrected chi connectivity index (χ4v) is 6.38. The maximum atomic E-state index is 11.6. The molecule has 1 saturated carbocycles. The second kappa shape index (κ2) is 14.2. The van der Waals surface area contributed by atoms with Crippen molar-refractivity contribution in [1.29, 1.82) is 0 Å². The van der Waals surface area contributed by atoms with Crippen molar-refractivity contribution >= 4 is 20.7 Å². The molecule has 0 unspecified atom stereocenters. The van der Waals surface area contributed by atoms with Gasteiger partial charge in [0.05, 0.1) is 11.3 Å². The van der Waals surface area contributed by atoms with E-state index in [9.17, 15) is 5.11 Å². The summed E-state index contributed by atoms with van der Waals surface area (Å²) >= 11 is -2.03. The van der Waals surface area contributed by atoms with Crippen LogP contribution in [0.25, 0.3) is 0 Å². The predicted molar refractivity (Wildman–Crippen MR) is 122 cm³/mol. The summed E-state index contributed by atoms with van der Waals surface area (Å²) in [5.41, 5.74) is -0.460.